The van der Waals surface area contributed by atoms with Gasteiger partial charge in [0.25, 0.3) is 5.91 Å². The van der Waals surface area contributed by atoms with Crippen LogP contribution >= 0.6 is 0 Å². The number of nitrogens with one attached hydrogen (secondary N) is 2. The summed E-state index contributed by atoms with van der Waals surface area (Å²) in [4.78, 5) is 16.2. The van der Waals surface area contributed by atoms with Gasteiger partial charge in [0.2, 0.25) is 0 Å². The first-order valence-corrected chi connectivity index (χ1v) is 9.97. The van der Waals surface area contributed by atoms with Crippen molar-refractivity contribution in [1.82, 2.24) is 14.7 Å². The zero-order chi connectivity index (χ0) is 20.6. The van der Waals surface area contributed by atoms with Crippen LogP contribution in [0, 0.1) is 0 Å². The number of benzene rings is 1. The number of piperazine rings is 1. The first-order chi connectivity index (χ1) is 13.9. The number of alkyl halides is 3. The SMILES string of the molecule is CC[NH+]1CCN(C(=O)c2cnn3c2N[C@H](c2ccccc2)C[C@H]3C(F)(F)F)CC1. The highest BCUT2D eigenvalue weighted by molar-refractivity contribution is 5.99. The van der Waals surface area contributed by atoms with Crippen LogP contribution in [0.5, 0.6) is 0 Å². The lowest BCUT2D eigenvalue weighted by Gasteiger charge is -2.35. The van der Waals surface area contributed by atoms with E-state index < -0.39 is 18.3 Å². The van der Waals surface area contributed by atoms with Gasteiger partial charge in [0.15, 0.2) is 6.04 Å². The molecule has 0 radical (unpaired) electrons. The highest BCUT2D eigenvalue weighted by Gasteiger charge is 2.47. The van der Waals surface area contributed by atoms with Crippen LogP contribution in [0.3, 0.4) is 0 Å². The Morgan fingerprint density at radius 1 is 1.24 bits per heavy atom. The minimum absolute atomic E-state index is 0.155. The topological polar surface area (TPSA) is 54.6 Å². The summed E-state index contributed by atoms with van der Waals surface area (Å²) >= 11 is 0. The van der Waals surface area contributed by atoms with Crippen LogP contribution < -0.4 is 10.2 Å². The Labute approximate surface area is 167 Å². The Morgan fingerprint density at radius 3 is 2.55 bits per heavy atom. The average Bonchev–Trinajstić information content (AvgIpc) is 3.16. The van der Waals surface area contributed by atoms with Gasteiger partial charge in [0.05, 0.1) is 45.0 Å². The van der Waals surface area contributed by atoms with Gasteiger partial charge in [-0.05, 0) is 12.5 Å². The molecule has 156 valence electrons. The highest BCUT2D eigenvalue weighted by atomic mass is 19.4. The molecular weight excluding hydrogens is 383 g/mol. The molecule has 3 heterocycles. The summed E-state index contributed by atoms with van der Waals surface area (Å²) in [6, 6.07) is 6.70. The van der Waals surface area contributed by atoms with Gasteiger partial charge >= 0.3 is 6.18 Å². The third-order valence-electron chi connectivity index (χ3n) is 5.93. The lowest BCUT2D eigenvalue weighted by Crippen LogP contribution is -3.14. The summed E-state index contributed by atoms with van der Waals surface area (Å²) in [6.07, 6.45) is -3.35. The Balaban J connectivity index is 1.64. The van der Waals surface area contributed by atoms with Crippen molar-refractivity contribution < 1.29 is 22.9 Å². The molecule has 0 unspecified atom stereocenters. The summed E-state index contributed by atoms with van der Waals surface area (Å²) in [6.45, 7) is 5.98. The van der Waals surface area contributed by atoms with E-state index in [-0.39, 0.29) is 23.7 Å². The largest absolute Gasteiger partial charge is 0.410 e. The molecule has 0 aliphatic carbocycles. The maximum atomic E-state index is 13.8. The smallest absolute Gasteiger partial charge is 0.363 e. The number of hydrogen-bond acceptors (Lipinski definition) is 3. The fourth-order valence-corrected chi connectivity index (χ4v) is 4.17. The van der Waals surface area contributed by atoms with Crippen LogP contribution in [0.25, 0.3) is 0 Å². The molecule has 0 spiro atoms. The zero-order valence-electron chi connectivity index (χ0n) is 16.2. The van der Waals surface area contributed by atoms with E-state index in [1.807, 2.05) is 6.07 Å². The number of aromatic nitrogens is 2. The second-order valence-corrected chi connectivity index (χ2v) is 7.65. The molecule has 1 fully saturated rings. The molecule has 9 heteroatoms. The average molecular weight is 408 g/mol. The lowest BCUT2D eigenvalue weighted by molar-refractivity contribution is -0.902. The first kappa shape index (κ1) is 19.8. The van der Waals surface area contributed by atoms with Crippen molar-refractivity contribution in [3.63, 3.8) is 0 Å². The number of fused-ring (bicyclic) bond motifs is 1. The van der Waals surface area contributed by atoms with Crippen molar-refractivity contribution >= 4 is 11.7 Å². The Hall–Kier alpha value is -2.55. The fraction of sp³-hybridized carbons (Fsp3) is 0.500. The second kappa shape index (κ2) is 7.70. The first-order valence-electron chi connectivity index (χ1n) is 9.97. The van der Waals surface area contributed by atoms with Crippen LogP contribution in [0.4, 0.5) is 19.0 Å². The zero-order valence-corrected chi connectivity index (χ0v) is 16.2. The predicted octanol–water partition coefficient (Wildman–Crippen LogP) is 1.90. The van der Waals surface area contributed by atoms with E-state index in [0.717, 1.165) is 29.9 Å². The van der Waals surface area contributed by atoms with Crippen molar-refractivity contribution in [1.29, 1.82) is 0 Å². The number of nitrogens with zero attached hydrogens (tertiary/aromatic N) is 3. The normalized spacial score (nSPS) is 22.8. The Bertz CT molecular complexity index is 859. The summed E-state index contributed by atoms with van der Waals surface area (Å²) in [7, 11) is 0. The molecule has 1 aromatic heterocycles. The van der Waals surface area contributed by atoms with Crippen molar-refractivity contribution in [3.8, 4) is 0 Å². The molecule has 0 saturated carbocycles. The van der Waals surface area contributed by atoms with E-state index in [2.05, 4.69) is 17.3 Å². The minimum atomic E-state index is -4.45. The van der Waals surface area contributed by atoms with Gasteiger partial charge in [-0.2, -0.15) is 18.3 Å². The monoisotopic (exact) mass is 408 g/mol. The van der Waals surface area contributed by atoms with E-state index in [1.165, 1.54) is 11.1 Å². The Morgan fingerprint density at radius 2 is 1.93 bits per heavy atom. The molecule has 0 bridgehead atoms. The summed E-state index contributed by atoms with van der Waals surface area (Å²) in [5.41, 5.74) is 0.965. The molecule has 2 aliphatic rings. The van der Waals surface area contributed by atoms with Gasteiger partial charge in [-0.25, -0.2) is 4.68 Å². The predicted molar refractivity (Wildman–Crippen MR) is 102 cm³/mol. The number of amides is 1. The standard InChI is InChI=1S/C20H24F3N5O/c1-2-26-8-10-27(11-9-26)19(29)15-13-24-28-17(20(21,22)23)12-16(25-18(15)28)14-6-4-3-5-7-14/h3-7,13,16-17,25H,2,8-12H2,1H3/p+1/t16-,17-/m0/s1. The third-order valence-corrected chi connectivity index (χ3v) is 5.93. The number of carbonyl (C=O) groups excluding carboxylic acids is 1. The van der Waals surface area contributed by atoms with Crippen LogP contribution in [0.2, 0.25) is 0 Å². The highest BCUT2D eigenvalue weighted by Crippen LogP contribution is 2.44. The number of halogens is 3. The molecule has 1 amide bonds. The molecule has 29 heavy (non-hydrogen) atoms. The molecule has 6 nitrogen and oxygen atoms in total. The van der Waals surface area contributed by atoms with Crippen LogP contribution in [0.1, 0.15) is 41.3 Å². The van der Waals surface area contributed by atoms with E-state index in [4.69, 9.17) is 0 Å². The fourth-order valence-electron chi connectivity index (χ4n) is 4.17. The molecule has 2 aromatic rings. The summed E-state index contributed by atoms with van der Waals surface area (Å²) in [5.74, 6) is -0.105. The number of likely N-dealkylation sites (N-methyl/N-ethyl adjacent to an activating group) is 1. The number of rotatable bonds is 3. The van der Waals surface area contributed by atoms with Crippen LogP contribution in [0.15, 0.2) is 36.5 Å². The number of hydrogen-bond donors (Lipinski definition) is 2. The number of carbonyl (C=O) groups is 1. The van der Waals surface area contributed by atoms with E-state index in [0.29, 0.717) is 13.1 Å². The molecule has 1 saturated heterocycles. The maximum absolute atomic E-state index is 13.8. The van der Waals surface area contributed by atoms with Gasteiger partial charge < -0.3 is 15.1 Å². The molecule has 2 atom stereocenters. The number of quaternary nitrogens is 1. The van der Waals surface area contributed by atoms with Crippen LogP contribution in [-0.2, 0) is 0 Å². The summed E-state index contributed by atoms with van der Waals surface area (Å²) < 4.78 is 42.2. The van der Waals surface area contributed by atoms with Crippen molar-refractivity contribution in [2.24, 2.45) is 0 Å². The van der Waals surface area contributed by atoms with E-state index in [9.17, 15) is 18.0 Å². The van der Waals surface area contributed by atoms with Crippen molar-refractivity contribution in [3.05, 3.63) is 47.7 Å². The minimum Gasteiger partial charge on any atom is -0.363 e. The molecule has 4 rings (SSSR count). The molecule has 2 aliphatic heterocycles. The molecule has 2 N–H and O–H groups in total. The maximum Gasteiger partial charge on any atom is 0.410 e. The molecular formula is C20H25F3N5O+. The second-order valence-electron chi connectivity index (χ2n) is 7.65. The van der Waals surface area contributed by atoms with Crippen LogP contribution in [-0.4, -0.2) is 59.5 Å². The summed E-state index contributed by atoms with van der Waals surface area (Å²) in [5, 5.41) is 7.11. The van der Waals surface area contributed by atoms with Gasteiger partial charge in [-0.3, -0.25) is 4.79 Å². The Kier molecular flexibility index (Phi) is 5.24. The van der Waals surface area contributed by atoms with Crippen molar-refractivity contribution in [2.45, 2.75) is 31.6 Å². The van der Waals surface area contributed by atoms with E-state index in [1.54, 1.807) is 29.2 Å². The van der Waals surface area contributed by atoms with Gasteiger partial charge in [-0.15, -0.1) is 0 Å². The van der Waals surface area contributed by atoms with Gasteiger partial charge in [0, 0.05) is 6.42 Å². The quantitative estimate of drug-likeness (QED) is 0.816. The van der Waals surface area contributed by atoms with Crippen molar-refractivity contribution in [2.75, 3.05) is 38.0 Å². The third kappa shape index (κ3) is 3.83. The van der Waals surface area contributed by atoms with E-state index >= 15 is 0 Å². The lowest BCUT2D eigenvalue weighted by atomic mass is 9.96. The molecule has 1 aromatic carbocycles. The van der Waals surface area contributed by atoms with Gasteiger partial charge in [-0.1, -0.05) is 30.3 Å². The van der Waals surface area contributed by atoms with Gasteiger partial charge in [0.1, 0.15) is 11.4 Å². The number of anilines is 1.